The largest absolute Gasteiger partial charge is 0.509 e. The van der Waals surface area contributed by atoms with Crippen molar-refractivity contribution in [2.45, 2.75) is 13.5 Å². The van der Waals surface area contributed by atoms with Gasteiger partial charge in [0.25, 0.3) is 0 Å². The van der Waals surface area contributed by atoms with Crippen LogP contribution in [0, 0.1) is 0 Å². The van der Waals surface area contributed by atoms with Crippen LogP contribution in [0.5, 0.6) is 0 Å². The number of rotatable bonds is 16. The van der Waals surface area contributed by atoms with E-state index in [4.69, 9.17) is 31.9 Å². The molecule has 58 heavy (non-hydrogen) atoms. The summed E-state index contributed by atoms with van der Waals surface area (Å²) in [5, 5.41) is 19.6. The Labute approximate surface area is 351 Å². The van der Waals surface area contributed by atoms with E-state index in [2.05, 4.69) is 55.9 Å². The molecule has 6 rings (SSSR count). The summed E-state index contributed by atoms with van der Waals surface area (Å²) in [5.41, 5.74) is 8.57. The molecule has 2 heterocycles. The Hall–Kier alpha value is -4.08. The van der Waals surface area contributed by atoms with Crippen LogP contribution in [0.4, 0.5) is 11.4 Å². The van der Waals surface area contributed by atoms with Crippen LogP contribution in [0.1, 0.15) is 0 Å². The van der Waals surface area contributed by atoms with Crippen LogP contribution in [0.15, 0.2) is 118 Å². The average molecular weight is 965 g/mol. The van der Waals surface area contributed by atoms with Crippen LogP contribution < -0.4 is 32.7 Å². The fourth-order valence-corrected chi connectivity index (χ4v) is 7.01. The van der Waals surface area contributed by atoms with Gasteiger partial charge in [-0.1, -0.05) is 80.4 Å². The molecule has 4 aromatic carbocycles. The van der Waals surface area contributed by atoms with E-state index in [0.717, 1.165) is 54.0 Å². The molecule has 6 aromatic rings. The van der Waals surface area contributed by atoms with E-state index in [1.807, 2.05) is 147 Å². The van der Waals surface area contributed by atoms with E-state index in [1.54, 1.807) is 0 Å². The van der Waals surface area contributed by atoms with E-state index in [-0.39, 0.29) is 13.5 Å². The second-order valence-electron chi connectivity index (χ2n) is 12.6. The van der Waals surface area contributed by atoms with Crippen molar-refractivity contribution in [3.8, 4) is 45.0 Å². The zero-order valence-corrected chi connectivity index (χ0v) is 36.6. The van der Waals surface area contributed by atoms with Gasteiger partial charge >= 0.3 is 15.6 Å². The Kier molecular flexibility index (Phi) is 15.7. The molecule has 0 aliphatic carbocycles. The number of hydrogen-bond acceptors (Lipinski definition) is 15. The van der Waals surface area contributed by atoms with Crippen molar-refractivity contribution in [1.82, 2.24) is 24.8 Å². The normalized spacial score (nSPS) is 12.4. The lowest BCUT2D eigenvalue weighted by atomic mass is 10.1. The van der Waals surface area contributed by atoms with Gasteiger partial charge in [-0.2, -0.15) is 19.4 Å². The quantitative estimate of drug-likeness (QED) is 0.0458. The number of nitrogens with zero attached hydrogens (tertiary/aromatic N) is 6. The summed E-state index contributed by atoms with van der Waals surface area (Å²) in [6, 6.07) is 35.0. The van der Waals surface area contributed by atoms with Gasteiger partial charge in [0.1, 0.15) is 0 Å². The minimum absolute atomic E-state index is 0.247. The predicted octanol–water partition coefficient (Wildman–Crippen LogP) is 7.91. The third kappa shape index (κ3) is 11.6. The van der Waals surface area contributed by atoms with Crippen LogP contribution in [-0.2, 0) is 45.5 Å². The molecule has 0 aliphatic heterocycles. The number of hydrogen-bond donors (Lipinski definition) is 5. The Balaban J connectivity index is 0.000000221. The molecule has 18 nitrogen and oxygen atoms in total. The molecule has 1 atom stereocenters. The molecule has 22 heteroatoms. The van der Waals surface area contributed by atoms with E-state index in [9.17, 15) is 9.13 Å². The molecule has 0 radical (unpaired) electrons. The van der Waals surface area contributed by atoms with Crippen LogP contribution in [0.2, 0.25) is 0 Å². The molecular weight excluding hydrogens is 922 g/mol. The molecule has 0 bridgehead atoms. The highest BCUT2D eigenvalue weighted by molar-refractivity contribution is 9.10. The summed E-state index contributed by atoms with van der Waals surface area (Å²) in [6.45, 7) is -0.510. The summed E-state index contributed by atoms with van der Waals surface area (Å²) in [5.74, 6) is 14.8. The zero-order valence-electron chi connectivity index (χ0n) is 31.7. The minimum Gasteiger partial charge on any atom is -0.378 e. The molecule has 0 amide bonds. The Bertz CT molecular complexity index is 2370. The molecule has 308 valence electrons. The van der Waals surface area contributed by atoms with Gasteiger partial charge in [-0.25, -0.2) is 40.8 Å². The highest BCUT2D eigenvalue weighted by atomic mass is 79.9. The molecule has 0 aliphatic rings. The maximum absolute atomic E-state index is 12.0. The van der Waals surface area contributed by atoms with Gasteiger partial charge in [0.15, 0.2) is 13.5 Å². The van der Waals surface area contributed by atoms with Crippen LogP contribution in [0.3, 0.4) is 0 Å². The molecule has 8 N–H and O–H groups in total. The fourth-order valence-electron chi connectivity index (χ4n) is 5.36. The van der Waals surface area contributed by atoms with E-state index < -0.39 is 15.6 Å². The van der Waals surface area contributed by atoms with Gasteiger partial charge in [0.05, 0.1) is 22.8 Å². The molecule has 0 saturated heterocycles. The third-order valence-electron chi connectivity index (χ3n) is 8.37. The lowest BCUT2D eigenvalue weighted by Gasteiger charge is -2.15. The molecule has 0 fully saturated rings. The molecule has 0 spiro atoms. The topological polar surface area (TPSA) is 233 Å². The minimum atomic E-state index is -4.07. The predicted molar refractivity (Wildman–Crippen MR) is 228 cm³/mol. The number of benzene rings is 4. The van der Waals surface area contributed by atoms with Crippen molar-refractivity contribution in [2.75, 3.05) is 38.0 Å². The van der Waals surface area contributed by atoms with Gasteiger partial charge in [0.2, 0.25) is 0 Å². The van der Waals surface area contributed by atoms with Gasteiger partial charge in [-0.15, -0.1) is 5.25 Å². The van der Waals surface area contributed by atoms with Crippen LogP contribution in [0.25, 0.3) is 45.0 Å². The average Bonchev–Trinajstić information content (AvgIpc) is 3.87. The molecule has 0 saturated carbocycles. The summed E-state index contributed by atoms with van der Waals surface area (Å²) in [4.78, 5) is 4.01. The van der Waals surface area contributed by atoms with Crippen molar-refractivity contribution in [1.29, 1.82) is 0 Å². The van der Waals surface area contributed by atoms with E-state index >= 15 is 0 Å². The zero-order chi connectivity index (χ0) is 42.0. The smallest absolute Gasteiger partial charge is 0.378 e. The van der Waals surface area contributed by atoms with Crippen LogP contribution in [-0.4, -0.2) is 53.0 Å². The summed E-state index contributed by atoms with van der Waals surface area (Å²) in [7, 11) is -0.231. The highest BCUT2D eigenvalue weighted by Gasteiger charge is 2.27. The lowest BCUT2D eigenvalue weighted by Crippen LogP contribution is -2.16. The molecule has 1 unspecified atom stereocenters. The standard InChI is InChI=1S/2C18H21BrN5O4P/c1-23(2)16-8-6-13(7-9-16)18-11-17(14-4-3-5-15(19)10-14)21-24(18)12-27-29(26,22-25)28-20;1-23(2)16-8-6-13(7-9-16)17-11-18(14-4-3-5-15(19)10-14)24(22-17)12-26-29(25,27-20)28-21/h3-11,25H,12,20H2,1-2H3,(H,22,26);3-11H,12,20-21H2,1-2H3. The Morgan fingerprint density at radius 1 is 0.621 bits per heavy atom. The second-order valence-corrected chi connectivity index (χ2v) is 17.7. The van der Waals surface area contributed by atoms with Crippen molar-refractivity contribution in [3.63, 3.8) is 0 Å². The van der Waals surface area contributed by atoms with E-state index in [0.29, 0.717) is 11.4 Å². The number of anilines is 2. The molecule has 2 aromatic heterocycles. The van der Waals surface area contributed by atoms with Crippen LogP contribution >= 0.6 is 47.4 Å². The van der Waals surface area contributed by atoms with Gasteiger partial charge in [-0.3, -0.25) is 9.05 Å². The third-order valence-corrected chi connectivity index (χ3v) is 11.3. The maximum atomic E-state index is 12.0. The van der Waals surface area contributed by atoms with Crippen molar-refractivity contribution in [3.05, 3.63) is 118 Å². The second kappa shape index (κ2) is 20.3. The monoisotopic (exact) mass is 962 g/mol. The number of aromatic nitrogens is 4. The van der Waals surface area contributed by atoms with E-state index in [1.165, 1.54) is 14.6 Å². The first-order valence-corrected chi connectivity index (χ1v) is 21.6. The summed E-state index contributed by atoms with van der Waals surface area (Å²) >= 11 is 6.93. The SMILES string of the molecule is CN(C)c1ccc(-c2cc(-c3cccc(Br)c3)n(COP(=O)(ON)ON)n2)cc1.CN(C)c1ccc(-c2cc(-c3cccc(Br)c3)nn2COP(=O)(NO)ON)cc1. The molecular formula is C36H42Br2N10O8P2. The van der Waals surface area contributed by atoms with Crippen molar-refractivity contribution < 1.29 is 37.3 Å². The first kappa shape index (κ1) is 45.0. The van der Waals surface area contributed by atoms with Gasteiger partial charge < -0.3 is 15.0 Å². The lowest BCUT2D eigenvalue weighted by molar-refractivity contribution is 0.0865. The number of nitrogens with two attached hydrogens (primary N) is 3. The first-order chi connectivity index (χ1) is 27.7. The first-order valence-electron chi connectivity index (χ1n) is 17.0. The maximum Gasteiger partial charge on any atom is 0.509 e. The summed E-state index contributed by atoms with van der Waals surface area (Å²) < 4.78 is 51.9. The van der Waals surface area contributed by atoms with Gasteiger partial charge in [0, 0.05) is 70.8 Å². The van der Waals surface area contributed by atoms with Gasteiger partial charge in [-0.05, 0) is 60.7 Å². The highest BCUT2D eigenvalue weighted by Crippen LogP contribution is 2.46. The summed E-state index contributed by atoms with van der Waals surface area (Å²) in [6.07, 6.45) is 0. The number of halogens is 2. The number of nitrogens with one attached hydrogen (secondary N) is 1. The van der Waals surface area contributed by atoms with Crippen molar-refractivity contribution >= 4 is 58.8 Å². The Morgan fingerprint density at radius 2 is 1.07 bits per heavy atom. The fraction of sp³-hybridized carbons (Fsp3) is 0.167. The van der Waals surface area contributed by atoms with Crippen molar-refractivity contribution in [2.24, 2.45) is 17.7 Å². The Morgan fingerprint density at radius 3 is 1.53 bits per heavy atom. The number of phosphoric acid groups is 1.